The van der Waals surface area contributed by atoms with E-state index in [4.69, 9.17) is 22.1 Å². The number of nitrogen functional groups attached to an aromatic ring is 1. The third kappa shape index (κ3) is 2.53. The van der Waals surface area contributed by atoms with E-state index in [2.05, 4.69) is 9.72 Å². The minimum Gasteiger partial charge on any atom is -0.496 e. The second kappa shape index (κ2) is 5.79. The zero-order chi connectivity index (χ0) is 14.7. The Morgan fingerprint density at radius 2 is 2.00 bits per heavy atom. The monoisotopic (exact) mass is 292 g/mol. The lowest BCUT2D eigenvalue weighted by Gasteiger charge is -2.11. The van der Waals surface area contributed by atoms with E-state index in [1.165, 1.54) is 7.11 Å². The van der Waals surface area contributed by atoms with Crippen molar-refractivity contribution in [3.8, 4) is 17.0 Å². The maximum Gasteiger partial charge on any atom is 0.358 e. The molecule has 2 rings (SSSR count). The number of hydrogen-bond acceptors (Lipinski definition) is 5. The van der Waals surface area contributed by atoms with Crippen molar-refractivity contribution in [3.63, 3.8) is 0 Å². The summed E-state index contributed by atoms with van der Waals surface area (Å²) in [5, 5.41) is 0.0792. The fraction of sp³-hybridized carbons (Fsp3) is 0.143. The zero-order valence-electron chi connectivity index (χ0n) is 11.0. The maximum absolute atomic E-state index is 11.7. The molecule has 0 fully saturated rings. The van der Waals surface area contributed by atoms with Gasteiger partial charge in [-0.1, -0.05) is 23.7 Å². The Hall–Kier alpha value is -2.27. The van der Waals surface area contributed by atoms with Crippen LogP contribution in [-0.4, -0.2) is 25.2 Å². The minimum atomic E-state index is -0.640. The van der Waals surface area contributed by atoms with Crippen LogP contribution < -0.4 is 10.5 Å². The van der Waals surface area contributed by atoms with Gasteiger partial charge in [0.05, 0.1) is 30.6 Å². The van der Waals surface area contributed by atoms with Crippen molar-refractivity contribution in [2.75, 3.05) is 20.0 Å². The average Bonchev–Trinajstić information content (AvgIpc) is 2.49. The minimum absolute atomic E-state index is 0.0185. The summed E-state index contributed by atoms with van der Waals surface area (Å²) in [5.74, 6) is -0.0176. The summed E-state index contributed by atoms with van der Waals surface area (Å²) in [6.45, 7) is 0. The third-order valence-corrected chi connectivity index (χ3v) is 3.14. The number of hydrogen-bond donors (Lipinski definition) is 1. The van der Waals surface area contributed by atoms with Gasteiger partial charge in [0.25, 0.3) is 0 Å². The summed E-state index contributed by atoms with van der Waals surface area (Å²) in [6, 6.07) is 8.87. The van der Waals surface area contributed by atoms with E-state index >= 15 is 0 Å². The number of rotatable bonds is 3. The first-order chi connectivity index (χ1) is 9.58. The Labute approximate surface area is 121 Å². The van der Waals surface area contributed by atoms with E-state index in [9.17, 15) is 4.79 Å². The van der Waals surface area contributed by atoms with Crippen LogP contribution in [0.5, 0.6) is 5.75 Å². The van der Waals surface area contributed by atoms with Gasteiger partial charge in [-0.15, -0.1) is 0 Å². The number of pyridine rings is 1. The van der Waals surface area contributed by atoms with Crippen LogP contribution in [0.1, 0.15) is 10.5 Å². The van der Waals surface area contributed by atoms with Gasteiger partial charge in [-0.25, -0.2) is 9.78 Å². The number of benzene rings is 1. The van der Waals surface area contributed by atoms with Gasteiger partial charge in [0.15, 0.2) is 5.69 Å². The van der Waals surface area contributed by atoms with E-state index in [1.807, 2.05) is 18.2 Å². The zero-order valence-corrected chi connectivity index (χ0v) is 11.8. The second-order valence-electron chi connectivity index (χ2n) is 3.95. The molecule has 104 valence electrons. The number of nitrogens with two attached hydrogens (primary N) is 1. The van der Waals surface area contributed by atoms with E-state index in [0.29, 0.717) is 17.0 Å². The Bertz CT molecular complexity index is 659. The van der Waals surface area contributed by atoms with Crippen molar-refractivity contribution in [2.45, 2.75) is 0 Å². The summed E-state index contributed by atoms with van der Waals surface area (Å²) < 4.78 is 9.91. The molecule has 2 N–H and O–H groups in total. The molecule has 0 atom stereocenters. The second-order valence-corrected chi connectivity index (χ2v) is 4.33. The number of nitrogens with zero attached hydrogens (tertiary/aromatic N) is 1. The number of para-hydroxylation sites is 1. The van der Waals surface area contributed by atoms with Gasteiger partial charge >= 0.3 is 5.97 Å². The molecule has 1 heterocycles. The summed E-state index contributed by atoms with van der Waals surface area (Å²) in [6.07, 6.45) is 0. The van der Waals surface area contributed by atoms with Gasteiger partial charge in [0.1, 0.15) is 5.75 Å². The molecule has 0 unspecified atom stereocenters. The lowest BCUT2D eigenvalue weighted by molar-refractivity contribution is 0.0594. The highest BCUT2D eigenvalue weighted by molar-refractivity contribution is 6.35. The van der Waals surface area contributed by atoms with Crippen LogP contribution in [-0.2, 0) is 4.74 Å². The third-order valence-electron chi connectivity index (χ3n) is 2.75. The number of methoxy groups -OCH3 is 2. The Morgan fingerprint density at radius 1 is 1.30 bits per heavy atom. The first-order valence-corrected chi connectivity index (χ1v) is 6.14. The molecule has 6 heteroatoms. The van der Waals surface area contributed by atoms with E-state index in [1.54, 1.807) is 19.2 Å². The number of ether oxygens (including phenoxy) is 2. The van der Waals surface area contributed by atoms with E-state index in [-0.39, 0.29) is 16.4 Å². The quantitative estimate of drug-likeness (QED) is 0.881. The maximum atomic E-state index is 11.7. The summed E-state index contributed by atoms with van der Waals surface area (Å²) in [4.78, 5) is 15.9. The molecule has 0 spiro atoms. The predicted octanol–water partition coefficient (Wildman–Crippen LogP) is 2.78. The molecule has 0 aliphatic heterocycles. The van der Waals surface area contributed by atoms with E-state index in [0.717, 1.165) is 0 Å². The highest BCUT2D eigenvalue weighted by Gasteiger charge is 2.18. The fourth-order valence-electron chi connectivity index (χ4n) is 1.78. The SMILES string of the molecule is COC(=O)c1nc(-c2ccccc2OC)cc(N)c1Cl. The Balaban J connectivity index is 2.64. The fourth-order valence-corrected chi connectivity index (χ4v) is 1.95. The highest BCUT2D eigenvalue weighted by atomic mass is 35.5. The first kappa shape index (κ1) is 14.1. The number of esters is 1. The standard InChI is InChI=1S/C14H13ClN2O3/c1-19-11-6-4-3-5-8(11)10-7-9(16)12(15)13(17-10)14(18)20-2/h3-7H,1-2H3,(H2,16,17). The van der Waals surface area contributed by atoms with Gasteiger partial charge in [-0.3, -0.25) is 0 Å². The molecular weight excluding hydrogens is 280 g/mol. The number of aromatic nitrogens is 1. The van der Waals surface area contributed by atoms with Crippen LogP contribution in [0.15, 0.2) is 30.3 Å². The molecule has 2 aromatic rings. The van der Waals surface area contributed by atoms with Crippen LogP contribution in [0.25, 0.3) is 11.3 Å². The molecule has 0 aliphatic rings. The van der Waals surface area contributed by atoms with Crippen molar-refractivity contribution in [1.29, 1.82) is 0 Å². The van der Waals surface area contributed by atoms with Crippen molar-refractivity contribution in [2.24, 2.45) is 0 Å². The Kier molecular flexibility index (Phi) is 4.10. The lowest BCUT2D eigenvalue weighted by Crippen LogP contribution is -2.08. The largest absolute Gasteiger partial charge is 0.496 e. The summed E-state index contributed by atoms with van der Waals surface area (Å²) in [5.41, 5.74) is 7.26. The molecule has 1 aromatic carbocycles. The molecule has 0 saturated heterocycles. The van der Waals surface area contributed by atoms with Gasteiger partial charge in [0.2, 0.25) is 0 Å². The molecule has 0 bridgehead atoms. The van der Waals surface area contributed by atoms with Gasteiger partial charge in [-0.05, 0) is 18.2 Å². The van der Waals surface area contributed by atoms with Crippen LogP contribution in [0.4, 0.5) is 5.69 Å². The van der Waals surface area contributed by atoms with Crippen molar-refractivity contribution in [3.05, 3.63) is 41.0 Å². The Morgan fingerprint density at radius 3 is 2.65 bits per heavy atom. The van der Waals surface area contributed by atoms with Crippen LogP contribution in [0.2, 0.25) is 5.02 Å². The topological polar surface area (TPSA) is 74.4 Å². The molecule has 5 nitrogen and oxygen atoms in total. The number of carbonyl (C=O) groups excluding carboxylic acids is 1. The number of halogens is 1. The molecule has 20 heavy (non-hydrogen) atoms. The molecule has 0 radical (unpaired) electrons. The molecule has 0 saturated carbocycles. The predicted molar refractivity (Wildman–Crippen MR) is 77.0 cm³/mol. The molecule has 1 aromatic heterocycles. The van der Waals surface area contributed by atoms with Crippen molar-refractivity contribution >= 4 is 23.3 Å². The average molecular weight is 293 g/mol. The van der Waals surface area contributed by atoms with Crippen molar-refractivity contribution in [1.82, 2.24) is 4.98 Å². The van der Waals surface area contributed by atoms with Crippen molar-refractivity contribution < 1.29 is 14.3 Å². The van der Waals surface area contributed by atoms with E-state index < -0.39 is 5.97 Å². The normalized spacial score (nSPS) is 10.2. The van der Waals surface area contributed by atoms with Gasteiger partial charge in [-0.2, -0.15) is 0 Å². The molecule has 0 amide bonds. The number of anilines is 1. The van der Waals surface area contributed by atoms with Crippen LogP contribution in [0.3, 0.4) is 0 Å². The molecular formula is C14H13ClN2O3. The molecule has 0 aliphatic carbocycles. The van der Waals surface area contributed by atoms with Crippen LogP contribution >= 0.6 is 11.6 Å². The van der Waals surface area contributed by atoms with Gasteiger partial charge < -0.3 is 15.2 Å². The summed E-state index contributed by atoms with van der Waals surface area (Å²) in [7, 11) is 2.81. The highest BCUT2D eigenvalue weighted by Crippen LogP contribution is 2.33. The van der Waals surface area contributed by atoms with Crippen LogP contribution in [0, 0.1) is 0 Å². The first-order valence-electron chi connectivity index (χ1n) is 5.76. The summed E-state index contributed by atoms with van der Waals surface area (Å²) >= 11 is 5.98. The lowest BCUT2D eigenvalue weighted by atomic mass is 10.1. The van der Waals surface area contributed by atoms with Gasteiger partial charge in [0, 0.05) is 5.56 Å². The smallest absolute Gasteiger partial charge is 0.358 e. The number of carbonyl (C=O) groups is 1.